The monoisotopic (exact) mass is 245 g/mol. The van der Waals surface area contributed by atoms with Gasteiger partial charge < -0.3 is 11.1 Å². The fourth-order valence-corrected chi connectivity index (χ4v) is 1.79. The van der Waals surface area contributed by atoms with Crippen LogP contribution in [0.1, 0.15) is 31.2 Å². The molecule has 96 valence electrons. The minimum atomic E-state index is -0.348. The number of hydrogen-bond acceptors (Lipinski definition) is 3. The van der Waals surface area contributed by atoms with Crippen LogP contribution in [-0.4, -0.2) is 18.5 Å². The van der Waals surface area contributed by atoms with E-state index in [-0.39, 0.29) is 24.4 Å². The predicted molar refractivity (Wildman–Crippen MR) is 70.7 cm³/mol. The van der Waals surface area contributed by atoms with Crippen molar-refractivity contribution in [3.8, 4) is 6.07 Å². The summed E-state index contributed by atoms with van der Waals surface area (Å²) < 4.78 is 0. The van der Waals surface area contributed by atoms with Crippen LogP contribution in [0.2, 0.25) is 0 Å². The fourth-order valence-electron chi connectivity index (χ4n) is 1.79. The number of nitrogens with two attached hydrogens (primary N) is 1. The first-order chi connectivity index (χ1) is 8.72. The van der Waals surface area contributed by atoms with Crippen molar-refractivity contribution in [2.24, 2.45) is 5.73 Å². The van der Waals surface area contributed by atoms with Gasteiger partial charge in [0, 0.05) is 12.6 Å². The normalized spacial score (nSPS) is 13.4. The summed E-state index contributed by atoms with van der Waals surface area (Å²) in [5.74, 6) is -0.454. The summed E-state index contributed by atoms with van der Waals surface area (Å²) >= 11 is 0. The number of carbonyl (C=O) groups excluding carboxylic acids is 1. The Morgan fingerprint density at radius 2 is 2.11 bits per heavy atom. The minimum Gasteiger partial charge on any atom is -0.352 e. The second-order valence-corrected chi connectivity index (χ2v) is 4.17. The van der Waals surface area contributed by atoms with Crippen LogP contribution in [0, 0.1) is 11.3 Å². The van der Waals surface area contributed by atoms with E-state index in [0.29, 0.717) is 6.42 Å². The molecule has 1 amide bonds. The number of nitriles is 1. The number of benzene rings is 1. The molecule has 0 aromatic heterocycles. The molecular weight excluding hydrogens is 226 g/mol. The van der Waals surface area contributed by atoms with Gasteiger partial charge in [0.05, 0.1) is 18.4 Å². The van der Waals surface area contributed by atoms with Crippen molar-refractivity contribution in [2.75, 3.05) is 6.54 Å². The molecule has 0 aliphatic rings. The zero-order chi connectivity index (χ0) is 13.4. The molecule has 4 heteroatoms. The van der Waals surface area contributed by atoms with Crippen LogP contribution in [-0.2, 0) is 4.79 Å². The minimum absolute atomic E-state index is 0.0970. The zero-order valence-electron chi connectivity index (χ0n) is 10.6. The zero-order valence-corrected chi connectivity index (χ0v) is 10.6. The molecular formula is C14H19N3O. The fraction of sp³-hybridized carbons (Fsp3) is 0.429. The Balaban J connectivity index is 2.72. The van der Waals surface area contributed by atoms with E-state index < -0.39 is 0 Å². The van der Waals surface area contributed by atoms with Crippen LogP contribution in [0.3, 0.4) is 0 Å². The third-order valence-electron chi connectivity index (χ3n) is 2.93. The molecule has 0 bridgehead atoms. The average molecular weight is 245 g/mol. The van der Waals surface area contributed by atoms with Crippen molar-refractivity contribution < 1.29 is 4.79 Å². The first-order valence-electron chi connectivity index (χ1n) is 6.15. The average Bonchev–Trinajstić information content (AvgIpc) is 2.40. The molecule has 18 heavy (non-hydrogen) atoms. The SMILES string of the molecule is CCC(CC#N)NC(=O)C(CN)c1ccccc1. The molecule has 1 aromatic carbocycles. The van der Waals surface area contributed by atoms with Crippen molar-refractivity contribution >= 4 is 5.91 Å². The summed E-state index contributed by atoms with van der Waals surface area (Å²) in [7, 11) is 0. The van der Waals surface area contributed by atoms with E-state index in [4.69, 9.17) is 11.0 Å². The van der Waals surface area contributed by atoms with Gasteiger partial charge in [0.25, 0.3) is 0 Å². The van der Waals surface area contributed by atoms with Crippen molar-refractivity contribution in [1.29, 1.82) is 5.26 Å². The maximum absolute atomic E-state index is 12.1. The second kappa shape index (κ2) is 7.46. The van der Waals surface area contributed by atoms with Crippen LogP contribution in [0.15, 0.2) is 30.3 Å². The Morgan fingerprint density at radius 1 is 1.44 bits per heavy atom. The molecule has 1 aromatic rings. The predicted octanol–water partition coefficient (Wildman–Crippen LogP) is 1.54. The van der Waals surface area contributed by atoms with Gasteiger partial charge in [-0.15, -0.1) is 0 Å². The van der Waals surface area contributed by atoms with Gasteiger partial charge in [-0.25, -0.2) is 0 Å². The Kier molecular flexibility index (Phi) is 5.89. The molecule has 0 spiro atoms. The largest absolute Gasteiger partial charge is 0.352 e. The van der Waals surface area contributed by atoms with E-state index in [1.807, 2.05) is 37.3 Å². The quantitative estimate of drug-likeness (QED) is 0.797. The van der Waals surface area contributed by atoms with E-state index in [1.165, 1.54) is 0 Å². The molecule has 0 aliphatic heterocycles. The molecule has 0 radical (unpaired) electrons. The number of nitrogens with zero attached hydrogens (tertiary/aromatic N) is 1. The highest BCUT2D eigenvalue weighted by atomic mass is 16.1. The van der Waals surface area contributed by atoms with Gasteiger partial charge in [0.2, 0.25) is 5.91 Å². The molecule has 1 rings (SSSR count). The topological polar surface area (TPSA) is 78.9 Å². The van der Waals surface area contributed by atoms with Gasteiger partial charge >= 0.3 is 0 Å². The highest BCUT2D eigenvalue weighted by molar-refractivity contribution is 5.84. The standard InChI is InChI=1S/C14H19N3O/c1-2-12(8-9-15)17-14(18)13(10-16)11-6-4-3-5-7-11/h3-7,12-13H,2,8,10,16H2,1H3,(H,17,18). The summed E-state index contributed by atoms with van der Waals surface area (Å²) in [5, 5.41) is 11.5. The summed E-state index contributed by atoms with van der Waals surface area (Å²) in [6.45, 7) is 2.21. The van der Waals surface area contributed by atoms with E-state index in [1.54, 1.807) is 0 Å². The molecule has 0 aliphatic carbocycles. The Bertz CT molecular complexity index is 411. The summed E-state index contributed by atoms with van der Waals surface area (Å²) in [5.41, 5.74) is 6.58. The Morgan fingerprint density at radius 3 is 2.61 bits per heavy atom. The van der Waals surface area contributed by atoms with Gasteiger partial charge in [-0.3, -0.25) is 4.79 Å². The lowest BCUT2D eigenvalue weighted by atomic mass is 9.97. The smallest absolute Gasteiger partial charge is 0.229 e. The van der Waals surface area contributed by atoms with Gasteiger partial charge in [-0.05, 0) is 12.0 Å². The van der Waals surface area contributed by atoms with Gasteiger partial charge in [-0.2, -0.15) is 5.26 Å². The van der Waals surface area contributed by atoms with Gasteiger partial charge in [0.1, 0.15) is 0 Å². The van der Waals surface area contributed by atoms with Crippen LogP contribution >= 0.6 is 0 Å². The van der Waals surface area contributed by atoms with Crippen LogP contribution in [0.4, 0.5) is 0 Å². The molecule has 0 saturated heterocycles. The van der Waals surface area contributed by atoms with E-state index in [2.05, 4.69) is 11.4 Å². The lowest BCUT2D eigenvalue weighted by molar-refractivity contribution is -0.123. The first-order valence-corrected chi connectivity index (χ1v) is 6.15. The maximum Gasteiger partial charge on any atom is 0.229 e. The van der Waals surface area contributed by atoms with Crippen molar-refractivity contribution in [3.05, 3.63) is 35.9 Å². The summed E-state index contributed by atoms with van der Waals surface area (Å²) in [6.07, 6.45) is 1.07. The molecule has 3 N–H and O–H groups in total. The number of amides is 1. The Hall–Kier alpha value is -1.86. The second-order valence-electron chi connectivity index (χ2n) is 4.17. The summed E-state index contributed by atoms with van der Waals surface area (Å²) in [4.78, 5) is 12.1. The number of rotatable bonds is 6. The Labute approximate surface area is 108 Å². The van der Waals surface area contributed by atoms with Crippen LogP contribution < -0.4 is 11.1 Å². The van der Waals surface area contributed by atoms with Gasteiger partial charge in [-0.1, -0.05) is 37.3 Å². The summed E-state index contributed by atoms with van der Waals surface area (Å²) in [6, 6.07) is 11.4. The molecule has 0 saturated carbocycles. The molecule has 0 heterocycles. The van der Waals surface area contributed by atoms with Crippen molar-refractivity contribution in [2.45, 2.75) is 31.7 Å². The van der Waals surface area contributed by atoms with Crippen LogP contribution in [0.25, 0.3) is 0 Å². The highest BCUT2D eigenvalue weighted by Crippen LogP contribution is 2.14. The first kappa shape index (κ1) is 14.2. The number of nitrogens with one attached hydrogen (secondary N) is 1. The third-order valence-corrected chi connectivity index (χ3v) is 2.93. The van der Waals surface area contributed by atoms with E-state index in [0.717, 1.165) is 12.0 Å². The molecule has 2 unspecified atom stereocenters. The molecule has 4 nitrogen and oxygen atoms in total. The highest BCUT2D eigenvalue weighted by Gasteiger charge is 2.20. The lowest BCUT2D eigenvalue weighted by Crippen LogP contribution is -2.39. The molecule has 0 fully saturated rings. The van der Waals surface area contributed by atoms with Gasteiger partial charge in [0.15, 0.2) is 0 Å². The van der Waals surface area contributed by atoms with E-state index in [9.17, 15) is 4.79 Å². The van der Waals surface area contributed by atoms with E-state index >= 15 is 0 Å². The van der Waals surface area contributed by atoms with Crippen LogP contribution in [0.5, 0.6) is 0 Å². The maximum atomic E-state index is 12.1. The third kappa shape index (κ3) is 3.86. The van der Waals surface area contributed by atoms with Crippen molar-refractivity contribution in [1.82, 2.24) is 5.32 Å². The number of hydrogen-bond donors (Lipinski definition) is 2. The van der Waals surface area contributed by atoms with Crippen molar-refractivity contribution in [3.63, 3.8) is 0 Å². The lowest BCUT2D eigenvalue weighted by Gasteiger charge is -2.19. The molecule has 2 atom stereocenters. The number of carbonyl (C=O) groups is 1.